The number of hydrogen-bond donors (Lipinski definition) is 0. The summed E-state index contributed by atoms with van der Waals surface area (Å²) in [7, 11) is 0. The summed E-state index contributed by atoms with van der Waals surface area (Å²) in [5.41, 5.74) is 2.32. The first-order valence-electron chi connectivity index (χ1n) is 11.1. The SMILES string of the molecule is Cc1c(C(=O)N2CCCC(c3nnc4n3CCCCC4)C2)cnn1-c1cccc(Cl)c1. The van der Waals surface area contributed by atoms with Crippen LogP contribution in [0.5, 0.6) is 0 Å². The lowest BCUT2D eigenvalue weighted by Crippen LogP contribution is -2.40. The van der Waals surface area contributed by atoms with Crippen LogP contribution in [0.25, 0.3) is 5.69 Å². The highest BCUT2D eigenvalue weighted by atomic mass is 35.5. The van der Waals surface area contributed by atoms with Crippen molar-refractivity contribution in [1.29, 1.82) is 0 Å². The molecule has 0 saturated carbocycles. The molecule has 1 amide bonds. The standard InChI is InChI=1S/C23H27ClN6O/c1-16-20(14-25-30(16)19-9-5-8-18(24)13-19)23(31)28-11-6-7-17(15-28)22-27-26-21-10-3-2-4-12-29(21)22/h5,8-9,13-14,17H,2-4,6-7,10-12,15H2,1H3. The van der Waals surface area contributed by atoms with Gasteiger partial charge >= 0.3 is 0 Å². The van der Waals surface area contributed by atoms with Crippen LogP contribution >= 0.6 is 11.6 Å². The molecular formula is C23H27ClN6O. The van der Waals surface area contributed by atoms with Crippen molar-refractivity contribution < 1.29 is 4.79 Å². The second kappa shape index (κ2) is 8.46. The van der Waals surface area contributed by atoms with E-state index in [2.05, 4.69) is 19.9 Å². The van der Waals surface area contributed by atoms with Crippen LogP contribution in [0.15, 0.2) is 30.5 Å². The molecular weight excluding hydrogens is 412 g/mol. The number of likely N-dealkylation sites (tertiary alicyclic amines) is 1. The van der Waals surface area contributed by atoms with Crippen molar-refractivity contribution in [3.63, 3.8) is 0 Å². The van der Waals surface area contributed by atoms with Gasteiger partial charge in [0.05, 0.1) is 23.1 Å². The van der Waals surface area contributed by atoms with Crippen molar-refractivity contribution in [2.24, 2.45) is 0 Å². The van der Waals surface area contributed by atoms with Gasteiger partial charge in [-0.15, -0.1) is 10.2 Å². The fourth-order valence-corrected chi connectivity index (χ4v) is 5.02. The Balaban J connectivity index is 1.37. The predicted molar refractivity (Wildman–Crippen MR) is 119 cm³/mol. The first-order valence-corrected chi connectivity index (χ1v) is 11.5. The molecule has 2 aromatic heterocycles. The second-order valence-corrected chi connectivity index (χ2v) is 9.00. The van der Waals surface area contributed by atoms with E-state index in [0.717, 1.165) is 55.4 Å². The van der Waals surface area contributed by atoms with Gasteiger partial charge in [-0.3, -0.25) is 4.79 Å². The smallest absolute Gasteiger partial charge is 0.257 e. The van der Waals surface area contributed by atoms with Crippen LogP contribution in [-0.4, -0.2) is 48.4 Å². The normalized spacial score (nSPS) is 19.2. The van der Waals surface area contributed by atoms with Gasteiger partial charge in [-0.25, -0.2) is 4.68 Å². The van der Waals surface area contributed by atoms with Gasteiger partial charge in [-0.1, -0.05) is 24.1 Å². The lowest BCUT2D eigenvalue weighted by atomic mass is 9.96. The maximum Gasteiger partial charge on any atom is 0.257 e. The molecule has 1 saturated heterocycles. The zero-order valence-electron chi connectivity index (χ0n) is 17.8. The van der Waals surface area contributed by atoms with Gasteiger partial charge in [-0.05, 0) is 50.8 Å². The molecule has 2 aliphatic heterocycles. The molecule has 7 nitrogen and oxygen atoms in total. The fraction of sp³-hybridized carbons (Fsp3) is 0.478. The summed E-state index contributed by atoms with van der Waals surface area (Å²) in [4.78, 5) is 15.4. The molecule has 1 unspecified atom stereocenters. The predicted octanol–water partition coefficient (Wildman–Crippen LogP) is 4.17. The third-order valence-corrected chi connectivity index (χ3v) is 6.74. The molecule has 0 spiro atoms. The summed E-state index contributed by atoms with van der Waals surface area (Å²) in [5.74, 6) is 2.43. The molecule has 162 valence electrons. The number of carbonyl (C=O) groups is 1. The largest absolute Gasteiger partial charge is 0.338 e. The minimum atomic E-state index is 0.0334. The minimum Gasteiger partial charge on any atom is -0.338 e. The lowest BCUT2D eigenvalue weighted by Gasteiger charge is -2.32. The number of aryl methyl sites for hydroxylation is 1. The van der Waals surface area contributed by atoms with Gasteiger partial charge in [0.1, 0.15) is 11.6 Å². The average Bonchev–Trinajstić information content (AvgIpc) is 3.29. The van der Waals surface area contributed by atoms with E-state index in [-0.39, 0.29) is 11.8 Å². The highest BCUT2D eigenvalue weighted by Gasteiger charge is 2.31. The minimum absolute atomic E-state index is 0.0334. The summed E-state index contributed by atoms with van der Waals surface area (Å²) >= 11 is 6.13. The topological polar surface area (TPSA) is 68.8 Å². The Morgan fingerprint density at radius 3 is 2.90 bits per heavy atom. The number of nitrogens with zero attached hydrogens (tertiary/aromatic N) is 6. The van der Waals surface area contributed by atoms with Crippen molar-refractivity contribution in [3.8, 4) is 5.69 Å². The third kappa shape index (κ3) is 3.87. The molecule has 3 aromatic rings. The van der Waals surface area contributed by atoms with E-state index in [0.29, 0.717) is 17.1 Å². The van der Waals surface area contributed by atoms with E-state index in [9.17, 15) is 4.79 Å². The molecule has 1 aromatic carbocycles. The van der Waals surface area contributed by atoms with E-state index in [1.165, 1.54) is 19.3 Å². The van der Waals surface area contributed by atoms with Crippen molar-refractivity contribution in [2.45, 2.75) is 57.9 Å². The van der Waals surface area contributed by atoms with Gasteiger partial charge in [0.2, 0.25) is 0 Å². The molecule has 0 radical (unpaired) electrons. The first-order chi connectivity index (χ1) is 15.1. The monoisotopic (exact) mass is 438 g/mol. The number of aromatic nitrogens is 5. The maximum absolute atomic E-state index is 13.4. The number of amides is 1. The number of hydrogen-bond acceptors (Lipinski definition) is 4. The number of halogens is 1. The Labute approximate surface area is 187 Å². The Morgan fingerprint density at radius 1 is 1.13 bits per heavy atom. The Bertz CT molecular complexity index is 1100. The number of piperidine rings is 1. The Hall–Kier alpha value is -2.67. The molecule has 2 aliphatic rings. The summed E-state index contributed by atoms with van der Waals surface area (Å²) in [6.45, 7) is 4.37. The van der Waals surface area contributed by atoms with E-state index in [1.54, 1.807) is 10.9 Å². The summed E-state index contributed by atoms with van der Waals surface area (Å²) in [6.07, 6.45) is 8.30. The van der Waals surface area contributed by atoms with Crippen molar-refractivity contribution >= 4 is 17.5 Å². The van der Waals surface area contributed by atoms with Crippen LogP contribution in [0.4, 0.5) is 0 Å². The number of benzene rings is 1. The van der Waals surface area contributed by atoms with E-state index < -0.39 is 0 Å². The zero-order valence-corrected chi connectivity index (χ0v) is 18.6. The molecule has 5 rings (SSSR count). The van der Waals surface area contributed by atoms with E-state index in [4.69, 9.17) is 11.6 Å². The second-order valence-electron chi connectivity index (χ2n) is 8.56. The molecule has 0 aliphatic carbocycles. The molecule has 31 heavy (non-hydrogen) atoms. The van der Waals surface area contributed by atoms with Crippen LogP contribution in [0.2, 0.25) is 5.02 Å². The molecule has 1 fully saturated rings. The van der Waals surface area contributed by atoms with Gasteiger partial charge in [0.25, 0.3) is 5.91 Å². The van der Waals surface area contributed by atoms with Crippen molar-refractivity contribution in [1.82, 2.24) is 29.4 Å². The van der Waals surface area contributed by atoms with Crippen molar-refractivity contribution in [3.05, 3.63) is 58.4 Å². The van der Waals surface area contributed by atoms with Gasteiger partial charge in [0, 0.05) is 37.0 Å². The lowest BCUT2D eigenvalue weighted by molar-refractivity contribution is 0.0702. The van der Waals surface area contributed by atoms with Gasteiger partial charge in [0.15, 0.2) is 0 Å². The first kappa shape index (κ1) is 20.2. The molecule has 4 heterocycles. The maximum atomic E-state index is 13.4. The zero-order chi connectivity index (χ0) is 21.4. The highest BCUT2D eigenvalue weighted by molar-refractivity contribution is 6.30. The molecule has 8 heteroatoms. The molecule has 0 bridgehead atoms. The Kier molecular flexibility index (Phi) is 5.52. The number of carbonyl (C=O) groups excluding carboxylic acids is 1. The van der Waals surface area contributed by atoms with Gasteiger partial charge in [-0.2, -0.15) is 5.10 Å². The summed E-state index contributed by atoms with van der Waals surface area (Å²) < 4.78 is 4.09. The molecule has 1 atom stereocenters. The van der Waals surface area contributed by atoms with Crippen LogP contribution in [-0.2, 0) is 13.0 Å². The van der Waals surface area contributed by atoms with Crippen LogP contribution in [0, 0.1) is 6.92 Å². The highest BCUT2D eigenvalue weighted by Crippen LogP contribution is 2.29. The summed E-state index contributed by atoms with van der Waals surface area (Å²) in [5, 5.41) is 14.1. The van der Waals surface area contributed by atoms with Crippen molar-refractivity contribution in [2.75, 3.05) is 13.1 Å². The quantitative estimate of drug-likeness (QED) is 0.615. The fourth-order valence-electron chi connectivity index (χ4n) is 4.84. The summed E-state index contributed by atoms with van der Waals surface area (Å²) in [6, 6.07) is 7.50. The number of fused-ring (bicyclic) bond motifs is 1. The van der Waals surface area contributed by atoms with Crippen LogP contribution in [0.3, 0.4) is 0 Å². The number of rotatable bonds is 3. The van der Waals surface area contributed by atoms with Crippen LogP contribution in [0.1, 0.15) is 65.7 Å². The third-order valence-electron chi connectivity index (χ3n) is 6.50. The Morgan fingerprint density at radius 2 is 2.03 bits per heavy atom. The van der Waals surface area contributed by atoms with E-state index >= 15 is 0 Å². The van der Waals surface area contributed by atoms with Crippen LogP contribution < -0.4 is 0 Å². The molecule has 0 N–H and O–H groups in total. The van der Waals surface area contributed by atoms with E-state index in [1.807, 2.05) is 36.1 Å². The average molecular weight is 439 g/mol. The van der Waals surface area contributed by atoms with Gasteiger partial charge < -0.3 is 9.47 Å².